The maximum Gasteiger partial charge on any atom is 0.224 e. The second-order valence-electron chi connectivity index (χ2n) is 4.46. The number of nitrogens with one attached hydrogen (secondary N) is 1. The van der Waals surface area contributed by atoms with Gasteiger partial charge in [0.2, 0.25) is 5.95 Å². The zero-order valence-corrected chi connectivity index (χ0v) is 10.6. The summed E-state index contributed by atoms with van der Waals surface area (Å²) < 4.78 is 13.8. The van der Waals surface area contributed by atoms with Gasteiger partial charge >= 0.3 is 0 Å². The van der Waals surface area contributed by atoms with Crippen LogP contribution in [-0.2, 0) is 0 Å². The summed E-state index contributed by atoms with van der Waals surface area (Å²) in [6, 6.07) is -0.0339. The fourth-order valence-corrected chi connectivity index (χ4v) is 2.19. The summed E-state index contributed by atoms with van der Waals surface area (Å²) in [6.07, 6.45) is 3.97. The van der Waals surface area contributed by atoms with Gasteiger partial charge in [0.25, 0.3) is 0 Å². The number of anilines is 2. The molecule has 1 saturated heterocycles. The zero-order valence-electron chi connectivity index (χ0n) is 10.6. The second kappa shape index (κ2) is 5.95. The van der Waals surface area contributed by atoms with Crippen molar-refractivity contribution in [1.29, 1.82) is 0 Å². The van der Waals surface area contributed by atoms with Crippen molar-refractivity contribution in [3.05, 3.63) is 12.0 Å². The summed E-state index contributed by atoms with van der Waals surface area (Å²) in [5.41, 5.74) is 0. The quantitative estimate of drug-likeness (QED) is 0.831. The van der Waals surface area contributed by atoms with Crippen molar-refractivity contribution in [2.45, 2.75) is 32.2 Å². The van der Waals surface area contributed by atoms with Gasteiger partial charge in [-0.25, -0.2) is 9.37 Å². The van der Waals surface area contributed by atoms with E-state index in [1.165, 1.54) is 6.20 Å². The van der Waals surface area contributed by atoms with Crippen LogP contribution in [0.25, 0.3) is 0 Å². The molecule has 2 N–H and O–H groups in total. The van der Waals surface area contributed by atoms with Gasteiger partial charge < -0.3 is 15.3 Å². The minimum atomic E-state index is -0.433. The van der Waals surface area contributed by atoms with Crippen molar-refractivity contribution in [2.75, 3.05) is 29.9 Å². The SMILES string of the molecule is CCCNc1ncc(F)c(N2CCCC2CO)n1. The number of aliphatic hydroxyl groups excluding tert-OH is 1. The first-order valence-electron chi connectivity index (χ1n) is 6.40. The van der Waals surface area contributed by atoms with Crippen LogP contribution in [0.15, 0.2) is 6.20 Å². The van der Waals surface area contributed by atoms with E-state index in [9.17, 15) is 9.50 Å². The molecule has 1 unspecified atom stereocenters. The highest BCUT2D eigenvalue weighted by molar-refractivity contribution is 5.45. The third kappa shape index (κ3) is 2.69. The second-order valence-corrected chi connectivity index (χ2v) is 4.46. The fourth-order valence-electron chi connectivity index (χ4n) is 2.19. The van der Waals surface area contributed by atoms with E-state index in [2.05, 4.69) is 15.3 Å². The Morgan fingerprint density at radius 1 is 1.61 bits per heavy atom. The van der Waals surface area contributed by atoms with Gasteiger partial charge in [-0.3, -0.25) is 0 Å². The molecule has 1 atom stereocenters. The van der Waals surface area contributed by atoms with E-state index in [4.69, 9.17) is 0 Å². The lowest BCUT2D eigenvalue weighted by Crippen LogP contribution is -2.33. The van der Waals surface area contributed by atoms with Crippen molar-refractivity contribution in [3.8, 4) is 0 Å². The number of rotatable bonds is 5. The number of hydrogen-bond acceptors (Lipinski definition) is 5. The molecule has 0 aromatic carbocycles. The van der Waals surface area contributed by atoms with E-state index < -0.39 is 5.82 Å². The molecule has 100 valence electrons. The first-order valence-corrected chi connectivity index (χ1v) is 6.40. The maximum atomic E-state index is 13.8. The molecule has 0 amide bonds. The van der Waals surface area contributed by atoms with Gasteiger partial charge in [-0.15, -0.1) is 0 Å². The highest BCUT2D eigenvalue weighted by atomic mass is 19.1. The summed E-state index contributed by atoms with van der Waals surface area (Å²) in [6.45, 7) is 3.56. The molecule has 2 rings (SSSR count). The standard InChI is InChI=1S/C12H19FN4O/c1-2-5-14-12-15-7-10(13)11(16-12)17-6-3-4-9(17)8-18/h7,9,18H,2-6,8H2,1H3,(H,14,15,16). The number of hydrogen-bond donors (Lipinski definition) is 2. The largest absolute Gasteiger partial charge is 0.394 e. The predicted molar refractivity (Wildman–Crippen MR) is 68.2 cm³/mol. The minimum absolute atomic E-state index is 0.0289. The smallest absolute Gasteiger partial charge is 0.224 e. The Balaban J connectivity index is 2.20. The molecule has 0 aliphatic carbocycles. The Kier molecular flexibility index (Phi) is 4.30. The van der Waals surface area contributed by atoms with Gasteiger partial charge in [0.1, 0.15) is 0 Å². The average Bonchev–Trinajstić information content (AvgIpc) is 2.86. The first-order chi connectivity index (χ1) is 8.76. The van der Waals surface area contributed by atoms with E-state index in [1.54, 1.807) is 0 Å². The average molecular weight is 254 g/mol. The highest BCUT2D eigenvalue weighted by Gasteiger charge is 2.27. The predicted octanol–water partition coefficient (Wildman–Crippen LogP) is 1.40. The lowest BCUT2D eigenvalue weighted by atomic mass is 10.2. The molecule has 0 spiro atoms. The van der Waals surface area contributed by atoms with Gasteiger partial charge in [0, 0.05) is 13.1 Å². The van der Waals surface area contributed by atoms with Crippen LogP contribution in [0.5, 0.6) is 0 Å². The minimum Gasteiger partial charge on any atom is -0.394 e. The molecule has 1 fully saturated rings. The molecular weight excluding hydrogens is 235 g/mol. The third-order valence-electron chi connectivity index (χ3n) is 3.12. The lowest BCUT2D eigenvalue weighted by Gasteiger charge is -2.24. The van der Waals surface area contributed by atoms with Crippen molar-refractivity contribution >= 4 is 11.8 Å². The number of aliphatic hydroxyl groups is 1. The van der Waals surface area contributed by atoms with E-state index in [0.717, 1.165) is 32.4 Å². The molecule has 1 aliphatic heterocycles. The van der Waals surface area contributed by atoms with Crippen molar-refractivity contribution < 1.29 is 9.50 Å². The molecular formula is C12H19FN4O. The number of aromatic nitrogens is 2. The topological polar surface area (TPSA) is 61.3 Å². The molecule has 18 heavy (non-hydrogen) atoms. The Labute approximate surface area is 106 Å². The van der Waals surface area contributed by atoms with Gasteiger partial charge in [0.15, 0.2) is 11.6 Å². The monoisotopic (exact) mass is 254 g/mol. The maximum absolute atomic E-state index is 13.8. The normalized spacial score (nSPS) is 19.3. The van der Waals surface area contributed by atoms with Crippen LogP contribution in [0.2, 0.25) is 0 Å². The summed E-state index contributed by atoms with van der Waals surface area (Å²) >= 11 is 0. The summed E-state index contributed by atoms with van der Waals surface area (Å²) in [7, 11) is 0. The molecule has 1 aromatic heterocycles. The Hall–Kier alpha value is -1.43. The zero-order chi connectivity index (χ0) is 13.0. The van der Waals surface area contributed by atoms with E-state index in [0.29, 0.717) is 11.8 Å². The van der Waals surface area contributed by atoms with Crippen LogP contribution >= 0.6 is 0 Å². The van der Waals surface area contributed by atoms with Crippen LogP contribution in [0.3, 0.4) is 0 Å². The summed E-state index contributed by atoms with van der Waals surface area (Å²) in [5.74, 6) is 0.300. The van der Waals surface area contributed by atoms with Gasteiger partial charge in [0.05, 0.1) is 18.8 Å². The molecule has 6 heteroatoms. The molecule has 0 radical (unpaired) electrons. The van der Waals surface area contributed by atoms with Crippen molar-refractivity contribution in [3.63, 3.8) is 0 Å². The molecule has 5 nitrogen and oxygen atoms in total. The fraction of sp³-hybridized carbons (Fsp3) is 0.667. The molecule has 0 saturated carbocycles. The van der Waals surface area contributed by atoms with Crippen LogP contribution in [0.4, 0.5) is 16.2 Å². The molecule has 2 heterocycles. The highest BCUT2D eigenvalue weighted by Crippen LogP contribution is 2.26. The Morgan fingerprint density at radius 2 is 2.44 bits per heavy atom. The van der Waals surface area contributed by atoms with Crippen molar-refractivity contribution in [2.24, 2.45) is 0 Å². The van der Waals surface area contributed by atoms with Gasteiger partial charge in [-0.05, 0) is 19.3 Å². The molecule has 1 aromatic rings. The third-order valence-corrected chi connectivity index (χ3v) is 3.12. The van der Waals surface area contributed by atoms with E-state index >= 15 is 0 Å². The Morgan fingerprint density at radius 3 is 3.17 bits per heavy atom. The van der Waals surface area contributed by atoms with Crippen LogP contribution in [0.1, 0.15) is 26.2 Å². The first kappa shape index (κ1) is 13.0. The number of halogens is 1. The van der Waals surface area contributed by atoms with Crippen LogP contribution in [0, 0.1) is 5.82 Å². The van der Waals surface area contributed by atoms with Crippen LogP contribution < -0.4 is 10.2 Å². The summed E-state index contributed by atoms with van der Waals surface area (Å²) in [5, 5.41) is 12.3. The Bertz CT molecular complexity index is 402. The summed E-state index contributed by atoms with van der Waals surface area (Å²) in [4.78, 5) is 9.95. The molecule has 0 bridgehead atoms. The van der Waals surface area contributed by atoms with E-state index in [1.807, 2.05) is 11.8 Å². The van der Waals surface area contributed by atoms with Crippen molar-refractivity contribution in [1.82, 2.24) is 9.97 Å². The van der Waals surface area contributed by atoms with Gasteiger partial charge in [-0.2, -0.15) is 4.98 Å². The lowest BCUT2D eigenvalue weighted by molar-refractivity contribution is 0.265. The van der Waals surface area contributed by atoms with Crippen LogP contribution in [-0.4, -0.2) is 40.8 Å². The van der Waals surface area contributed by atoms with Gasteiger partial charge in [-0.1, -0.05) is 6.92 Å². The molecule has 1 aliphatic rings. The van der Waals surface area contributed by atoms with E-state index in [-0.39, 0.29) is 12.6 Å². The number of nitrogens with zero attached hydrogens (tertiary/aromatic N) is 3.